The van der Waals surface area contributed by atoms with Gasteiger partial charge in [-0.15, -0.1) is 0 Å². The quantitative estimate of drug-likeness (QED) is 0.303. The van der Waals surface area contributed by atoms with E-state index in [1.807, 2.05) is 18.2 Å². The van der Waals surface area contributed by atoms with Crippen LogP contribution in [0.5, 0.6) is 11.5 Å². The Morgan fingerprint density at radius 1 is 0.872 bits per heavy atom. The van der Waals surface area contributed by atoms with Gasteiger partial charge < -0.3 is 19.7 Å². The van der Waals surface area contributed by atoms with E-state index in [4.69, 9.17) is 9.47 Å². The fourth-order valence-corrected chi connectivity index (χ4v) is 4.73. The summed E-state index contributed by atoms with van der Waals surface area (Å²) >= 11 is 0. The summed E-state index contributed by atoms with van der Waals surface area (Å²) in [5, 5.41) is 3.39. The molecule has 1 heterocycles. The van der Waals surface area contributed by atoms with Crippen molar-refractivity contribution in [1.82, 2.24) is 10.2 Å². The lowest BCUT2D eigenvalue weighted by atomic mass is 10.0. The summed E-state index contributed by atoms with van der Waals surface area (Å²) in [4.78, 5) is 4.85. The number of rotatable bonds is 12. The minimum atomic E-state index is -4.31. The second kappa shape index (κ2) is 13.7. The first-order chi connectivity index (χ1) is 18.8. The molecule has 0 bridgehead atoms. The average molecular weight is 542 g/mol. The maximum Gasteiger partial charge on any atom is 0.416 e. The summed E-state index contributed by atoms with van der Waals surface area (Å²) in [5.74, 6) is 1.48. The van der Waals surface area contributed by atoms with Crippen LogP contribution in [-0.2, 0) is 19.1 Å². The SMILES string of the molecule is COc1cc(CC[C@@H](C)NCc2ccc(C(F)(F)F)cc2)ccc1OCCN1CCN(c2ccccc2)CC1. The molecule has 0 aromatic heterocycles. The molecule has 210 valence electrons. The number of methoxy groups -OCH3 is 1. The topological polar surface area (TPSA) is 37.0 Å². The third-order valence-electron chi connectivity index (χ3n) is 7.19. The van der Waals surface area contributed by atoms with E-state index in [9.17, 15) is 13.2 Å². The molecule has 0 aliphatic carbocycles. The van der Waals surface area contributed by atoms with E-state index in [1.165, 1.54) is 17.8 Å². The molecule has 1 saturated heterocycles. The van der Waals surface area contributed by atoms with Crippen LogP contribution in [0.1, 0.15) is 30.0 Å². The number of para-hydroxylation sites is 1. The van der Waals surface area contributed by atoms with Gasteiger partial charge in [0.2, 0.25) is 0 Å². The number of alkyl halides is 3. The summed E-state index contributed by atoms with van der Waals surface area (Å²) in [6, 6.07) is 22.1. The first-order valence-electron chi connectivity index (χ1n) is 13.5. The van der Waals surface area contributed by atoms with Crippen LogP contribution in [0, 0.1) is 0 Å². The molecule has 0 amide bonds. The van der Waals surface area contributed by atoms with Gasteiger partial charge in [0.1, 0.15) is 6.61 Å². The Morgan fingerprint density at radius 3 is 2.23 bits per heavy atom. The zero-order valence-corrected chi connectivity index (χ0v) is 22.7. The molecule has 1 aliphatic heterocycles. The van der Waals surface area contributed by atoms with Crippen LogP contribution in [0.15, 0.2) is 72.8 Å². The molecule has 39 heavy (non-hydrogen) atoms. The van der Waals surface area contributed by atoms with Crippen molar-refractivity contribution in [3.8, 4) is 11.5 Å². The normalized spacial score (nSPS) is 15.3. The standard InChI is InChI=1S/C31H38F3N3O2/c1-24(35-23-26-10-13-27(14-11-26)31(32,33)34)8-9-25-12-15-29(30(22-25)38-2)39-21-20-36-16-18-37(19-17-36)28-6-4-3-5-7-28/h3-7,10-15,22,24,35H,8-9,16-21,23H2,1-2H3/t24-/m1/s1. The molecule has 0 spiro atoms. The monoisotopic (exact) mass is 541 g/mol. The van der Waals surface area contributed by atoms with E-state index < -0.39 is 11.7 Å². The molecular weight excluding hydrogens is 503 g/mol. The Bertz CT molecular complexity index is 1150. The lowest BCUT2D eigenvalue weighted by molar-refractivity contribution is -0.137. The second-order valence-corrected chi connectivity index (χ2v) is 10.0. The molecule has 0 saturated carbocycles. The van der Waals surface area contributed by atoms with Gasteiger partial charge >= 0.3 is 6.18 Å². The highest BCUT2D eigenvalue weighted by atomic mass is 19.4. The Kier molecular flexibility index (Phi) is 10.1. The summed E-state index contributed by atoms with van der Waals surface area (Å²) < 4.78 is 49.9. The minimum Gasteiger partial charge on any atom is -0.493 e. The number of benzene rings is 3. The second-order valence-electron chi connectivity index (χ2n) is 10.0. The third kappa shape index (κ3) is 8.63. The fourth-order valence-electron chi connectivity index (χ4n) is 4.73. The molecular formula is C31H38F3N3O2. The lowest BCUT2D eigenvalue weighted by Gasteiger charge is -2.36. The number of piperazine rings is 1. The smallest absolute Gasteiger partial charge is 0.416 e. The molecule has 1 atom stereocenters. The minimum absolute atomic E-state index is 0.205. The first kappa shape index (κ1) is 28.8. The highest BCUT2D eigenvalue weighted by molar-refractivity contribution is 5.46. The largest absolute Gasteiger partial charge is 0.493 e. The highest BCUT2D eigenvalue weighted by Crippen LogP contribution is 2.30. The van der Waals surface area contributed by atoms with E-state index in [0.29, 0.717) is 13.2 Å². The molecule has 0 unspecified atom stereocenters. The van der Waals surface area contributed by atoms with Crippen molar-refractivity contribution in [2.24, 2.45) is 0 Å². The van der Waals surface area contributed by atoms with Gasteiger partial charge in [0, 0.05) is 51.0 Å². The number of hydrogen-bond acceptors (Lipinski definition) is 5. The Hall–Kier alpha value is -3.23. The van der Waals surface area contributed by atoms with Crippen LogP contribution in [0.3, 0.4) is 0 Å². The van der Waals surface area contributed by atoms with Gasteiger partial charge in [-0.1, -0.05) is 36.4 Å². The highest BCUT2D eigenvalue weighted by Gasteiger charge is 2.29. The van der Waals surface area contributed by atoms with Crippen molar-refractivity contribution in [2.75, 3.05) is 51.3 Å². The average Bonchev–Trinajstić information content (AvgIpc) is 2.96. The molecule has 3 aromatic rings. The van der Waals surface area contributed by atoms with Crippen molar-refractivity contribution in [1.29, 1.82) is 0 Å². The molecule has 3 aromatic carbocycles. The Morgan fingerprint density at radius 2 is 1.56 bits per heavy atom. The Balaban J connectivity index is 1.17. The maximum absolute atomic E-state index is 12.7. The molecule has 5 nitrogen and oxygen atoms in total. The zero-order chi connectivity index (χ0) is 27.7. The third-order valence-corrected chi connectivity index (χ3v) is 7.19. The first-order valence-corrected chi connectivity index (χ1v) is 13.5. The van der Waals surface area contributed by atoms with Gasteiger partial charge in [-0.25, -0.2) is 0 Å². The number of aryl methyl sites for hydroxylation is 1. The van der Waals surface area contributed by atoms with E-state index >= 15 is 0 Å². The van der Waals surface area contributed by atoms with Gasteiger partial charge in [0.15, 0.2) is 11.5 Å². The molecule has 0 radical (unpaired) electrons. The van der Waals surface area contributed by atoms with Crippen LogP contribution in [0.4, 0.5) is 18.9 Å². The van der Waals surface area contributed by atoms with E-state index in [0.717, 1.165) is 80.3 Å². The van der Waals surface area contributed by atoms with Crippen LogP contribution >= 0.6 is 0 Å². The summed E-state index contributed by atoms with van der Waals surface area (Å²) in [6.45, 7) is 8.13. The molecule has 4 rings (SSSR count). The summed E-state index contributed by atoms with van der Waals surface area (Å²) in [7, 11) is 1.66. The van der Waals surface area contributed by atoms with Gasteiger partial charge in [-0.3, -0.25) is 4.90 Å². The number of nitrogens with one attached hydrogen (secondary N) is 1. The van der Waals surface area contributed by atoms with Crippen LogP contribution in [-0.4, -0.2) is 57.4 Å². The molecule has 1 aliphatic rings. The van der Waals surface area contributed by atoms with Gasteiger partial charge in [-0.05, 0) is 67.3 Å². The van der Waals surface area contributed by atoms with Crippen LogP contribution in [0.2, 0.25) is 0 Å². The number of hydrogen-bond donors (Lipinski definition) is 1. The van der Waals surface area contributed by atoms with Crippen molar-refractivity contribution < 1.29 is 22.6 Å². The Labute approximate surface area is 229 Å². The van der Waals surface area contributed by atoms with Gasteiger partial charge in [0.05, 0.1) is 12.7 Å². The van der Waals surface area contributed by atoms with Crippen molar-refractivity contribution in [3.63, 3.8) is 0 Å². The maximum atomic E-state index is 12.7. The molecule has 1 fully saturated rings. The molecule has 1 N–H and O–H groups in total. The van der Waals surface area contributed by atoms with Gasteiger partial charge in [0.25, 0.3) is 0 Å². The van der Waals surface area contributed by atoms with Gasteiger partial charge in [-0.2, -0.15) is 13.2 Å². The number of halogens is 3. The van der Waals surface area contributed by atoms with Crippen LogP contribution in [0.25, 0.3) is 0 Å². The zero-order valence-electron chi connectivity index (χ0n) is 22.7. The number of nitrogens with zero attached hydrogens (tertiary/aromatic N) is 2. The van der Waals surface area contributed by atoms with Crippen molar-refractivity contribution in [3.05, 3.63) is 89.5 Å². The van der Waals surface area contributed by atoms with E-state index in [2.05, 4.69) is 52.4 Å². The summed E-state index contributed by atoms with van der Waals surface area (Å²) in [5.41, 5.74) is 2.64. The predicted octanol–water partition coefficient (Wildman–Crippen LogP) is 6.03. The van der Waals surface area contributed by atoms with Crippen LogP contribution < -0.4 is 19.7 Å². The van der Waals surface area contributed by atoms with E-state index in [-0.39, 0.29) is 6.04 Å². The number of anilines is 1. The fraction of sp³-hybridized carbons (Fsp3) is 0.419. The summed E-state index contributed by atoms with van der Waals surface area (Å²) in [6.07, 6.45) is -2.57. The lowest BCUT2D eigenvalue weighted by Crippen LogP contribution is -2.47. The van der Waals surface area contributed by atoms with Crippen molar-refractivity contribution >= 4 is 5.69 Å². The van der Waals surface area contributed by atoms with Crippen molar-refractivity contribution in [2.45, 2.75) is 38.5 Å². The molecule has 8 heteroatoms. The van der Waals surface area contributed by atoms with E-state index in [1.54, 1.807) is 7.11 Å². The number of ether oxygens (including phenoxy) is 2. The predicted molar refractivity (Wildman–Crippen MR) is 150 cm³/mol.